The first kappa shape index (κ1) is 20.7. The molecule has 5 nitrogen and oxygen atoms in total. The van der Waals surface area contributed by atoms with Crippen molar-refractivity contribution in [2.24, 2.45) is 5.92 Å². The SMILES string of the molecule is CC(C)C(=O)Nc1ccc(CNC(=O)c2occc2CSc2ccccc2)cc1. The molecular weight excluding hydrogens is 384 g/mol. The van der Waals surface area contributed by atoms with Gasteiger partial charge in [0.1, 0.15) is 0 Å². The van der Waals surface area contributed by atoms with Crippen molar-refractivity contribution in [1.82, 2.24) is 5.32 Å². The third-order valence-corrected chi connectivity index (χ3v) is 5.35. The number of nitrogens with one attached hydrogen (secondary N) is 2. The molecule has 29 heavy (non-hydrogen) atoms. The van der Waals surface area contributed by atoms with Gasteiger partial charge in [0.25, 0.3) is 5.91 Å². The van der Waals surface area contributed by atoms with E-state index in [1.165, 1.54) is 0 Å². The largest absolute Gasteiger partial charge is 0.459 e. The van der Waals surface area contributed by atoms with E-state index in [1.807, 2.05) is 74.5 Å². The van der Waals surface area contributed by atoms with E-state index in [4.69, 9.17) is 4.42 Å². The van der Waals surface area contributed by atoms with Gasteiger partial charge in [0, 0.05) is 34.4 Å². The summed E-state index contributed by atoms with van der Waals surface area (Å²) < 4.78 is 5.42. The standard InChI is InChI=1S/C23H24N2O3S/c1-16(2)22(26)25-19-10-8-17(9-11-19)14-24-23(27)21-18(12-13-28-21)15-29-20-6-4-3-5-7-20/h3-13,16H,14-15H2,1-2H3,(H,24,27)(H,25,26). The second kappa shape index (κ2) is 9.98. The zero-order valence-corrected chi connectivity index (χ0v) is 17.3. The lowest BCUT2D eigenvalue weighted by Gasteiger charge is -2.09. The first-order chi connectivity index (χ1) is 14.0. The zero-order chi connectivity index (χ0) is 20.6. The molecule has 3 rings (SSSR count). The minimum Gasteiger partial charge on any atom is -0.459 e. The Morgan fingerprint density at radius 2 is 1.72 bits per heavy atom. The Kier molecular flexibility index (Phi) is 7.14. The summed E-state index contributed by atoms with van der Waals surface area (Å²) in [5.74, 6) is 0.666. The fourth-order valence-corrected chi connectivity index (χ4v) is 3.48. The molecule has 0 aliphatic rings. The Hall–Kier alpha value is -2.99. The molecule has 0 saturated heterocycles. The van der Waals surface area contributed by atoms with Gasteiger partial charge in [-0.15, -0.1) is 11.8 Å². The van der Waals surface area contributed by atoms with Crippen molar-refractivity contribution in [3.05, 3.63) is 83.8 Å². The van der Waals surface area contributed by atoms with Gasteiger partial charge in [0.2, 0.25) is 5.91 Å². The maximum atomic E-state index is 12.5. The van der Waals surface area contributed by atoms with E-state index in [9.17, 15) is 9.59 Å². The van der Waals surface area contributed by atoms with Gasteiger partial charge in [-0.2, -0.15) is 0 Å². The number of rotatable bonds is 8. The number of hydrogen-bond donors (Lipinski definition) is 2. The van der Waals surface area contributed by atoms with Gasteiger partial charge < -0.3 is 15.1 Å². The van der Waals surface area contributed by atoms with Crippen LogP contribution in [0.25, 0.3) is 0 Å². The molecule has 0 aliphatic heterocycles. The summed E-state index contributed by atoms with van der Waals surface area (Å²) in [6, 6.07) is 19.3. The van der Waals surface area contributed by atoms with Crippen molar-refractivity contribution in [3.8, 4) is 0 Å². The predicted molar refractivity (Wildman–Crippen MR) is 116 cm³/mol. The highest BCUT2D eigenvalue weighted by Crippen LogP contribution is 2.25. The van der Waals surface area contributed by atoms with Gasteiger partial charge in [0.05, 0.1) is 6.26 Å². The van der Waals surface area contributed by atoms with Crippen LogP contribution in [0.1, 0.15) is 35.5 Å². The maximum absolute atomic E-state index is 12.5. The summed E-state index contributed by atoms with van der Waals surface area (Å²) in [5, 5.41) is 5.74. The number of amides is 2. The van der Waals surface area contributed by atoms with Crippen LogP contribution in [0.2, 0.25) is 0 Å². The Bertz CT molecular complexity index is 950. The molecule has 0 radical (unpaired) electrons. The van der Waals surface area contributed by atoms with Crippen LogP contribution in [0.5, 0.6) is 0 Å². The normalized spacial score (nSPS) is 10.7. The van der Waals surface area contributed by atoms with Gasteiger partial charge in [-0.3, -0.25) is 9.59 Å². The molecular formula is C23H24N2O3S. The number of carbonyl (C=O) groups excluding carboxylic acids is 2. The van der Waals surface area contributed by atoms with E-state index >= 15 is 0 Å². The van der Waals surface area contributed by atoms with E-state index in [1.54, 1.807) is 18.0 Å². The van der Waals surface area contributed by atoms with Gasteiger partial charge in [0.15, 0.2) is 5.76 Å². The summed E-state index contributed by atoms with van der Waals surface area (Å²) in [7, 11) is 0. The minimum atomic E-state index is -0.240. The van der Waals surface area contributed by atoms with Crippen molar-refractivity contribution < 1.29 is 14.0 Å². The Morgan fingerprint density at radius 1 is 1.00 bits per heavy atom. The Balaban J connectivity index is 1.53. The second-order valence-electron chi connectivity index (χ2n) is 6.90. The van der Waals surface area contributed by atoms with E-state index < -0.39 is 0 Å². The van der Waals surface area contributed by atoms with Crippen molar-refractivity contribution in [3.63, 3.8) is 0 Å². The topological polar surface area (TPSA) is 71.3 Å². The van der Waals surface area contributed by atoms with Crippen LogP contribution >= 0.6 is 11.8 Å². The molecule has 3 aromatic rings. The fraction of sp³-hybridized carbons (Fsp3) is 0.217. The molecule has 1 heterocycles. The highest BCUT2D eigenvalue weighted by atomic mass is 32.2. The first-order valence-corrected chi connectivity index (χ1v) is 10.4. The average molecular weight is 409 g/mol. The van der Waals surface area contributed by atoms with Crippen LogP contribution in [0.3, 0.4) is 0 Å². The average Bonchev–Trinajstić information content (AvgIpc) is 3.21. The maximum Gasteiger partial charge on any atom is 0.287 e. The molecule has 0 atom stereocenters. The Labute approximate surface area is 174 Å². The molecule has 150 valence electrons. The number of carbonyl (C=O) groups is 2. The molecule has 0 spiro atoms. The minimum absolute atomic E-state index is 0.0234. The third-order valence-electron chi connectivity index (χ3n) is 4.29. The molecule has 0 fully saturated rings. The summed E-state index contributed by atoms with van der Waals surface area (Å²) in [6.07, 6.45) is 1.54. The fourth-order valence-electron chi connectivity index (χ4n) is 2.58. The van der Waals surface area contributed by atoms with Gasteiger partial charge in [-0.25, -0.2) is 0 Å². The Morgan fingerprint density at radius 3 is 2.41 bits per heavy atom. The second-order valence-corrected chi connectivity index (χ2v) is 7.95. The molecule has 2 N–H and O–H groups in total. The molecule has 0 bridgehead atoms. The molecule has 2 aromatic carbocycles. The van der Waals surface area contributed by atoms with Crippen LogP contribution in [-0.4, -0.2) is 11.8 Å². The van der Waals surface area contributed by atoms with Gasteiger partial charge in [-0.1, -0.05) is 44.2 Å². The highest BCUT2D eigenvalue weighted by Gasteiger charge is 2.15. The zero-order valence-electron chi connectivity index (χ0n) is 16.5. The molecule has 6 heteroatoms. The van der Waals surface area contributed by atoms with E-state index in [0.717, 1.165) is 21.7 Å². The van der Waals surface area contributed by atoms with Crippen molar-refractivity contribution >= 4 is 29.3 Å². The van der Waals surface area contributed by atoms with Gasteiger partial charge >= 0.3 is 0 Å². The molecule has 0 saturated carbocycles. The quantitative estimate of drug-likeness (QED) is 0.509. The van der Waals surface area contributed by atoms with E-state index in [0.29, 0.717) is 18.1 Å². The summed E-state index contributed by atoms with van der Waals surface area (Å²) >= 11 is 1.66. The van der Waals surface area contributed by atoms with Crippen LogP contribution in [0, 0.1) is 5.92 Å². The van der Waals surface area contributed by atoms with Crippen molar-refractivity contribution in [2.75, 3.05) is 5.32 Å². The molecule has 0 unspecified atom stereocenters. The van der Waals surface area contributed by atoms with Crippen LogP contribution in [0.4, 0.5) is 5.69 Å². The van der Waals surface area contributed by atoms with E-state index in [-0.39, 0.29) is 17.7 Å². The lowest BCUT2D eigenvalue weighted by Crippen LogP contribution is -2.23. The monoisotopic (exact) mass is 408 g/mol. The van der Waals surface area contributed by atoms with Crippen LogP contribution in [-0.2, 0) is 17.1 Å². The number of thioether (sulfide) groups is 1. The van der Waals surface area contributed by atoms with E-state index in [2.05, 4.69) is 10.6 Å². The summed E-state index contributed by atoms with van der Waals surface area (Å²) in [5.41, 5.74) is 2.54. The number of anilines is 1. The van der Waals surface area contributed by atoms with Crippen molar-refractivity contribution in [1.29, 1.82) is 0 Å². The van der Waals surface area contributed by atoms with Gasteiger partial charge in [-0.05, 0) is 35.9 Å². The molecule has 0 aliphatic carbocycles. The smallest absolute Gasteiger partial charge is 0.287 e. The lowest BCUT2D eigenvalue weighted by atomic mass is 10.1. The first-order valence-electron chi connectivity index (χ1n) is 9.45. The van der Waals surface area contributed by atoms with Crippen LogP contribution < -0.4 is 10.6 Å². The molecule has 1 aromatic heterocycles. The summed E-state index contributed by atoms with van der Waals surface area (Å²) in [4.78, 5) is 25.4. The number of hydrogen-bond acceptors (Lipinski definition) is 4. The van der Waals surface area contributed by atoms with Crippen molar-refractivity contribution in [2.45, 2.75) is 31.0 Å². The number of benzene rings is 2. The third kappa shape index (κ3) is 5.99. The molecule has 2 amide bonds. The van der Waals surface area contributed by atoms with Crippen LogP contribution in [0.15, 0.2) is 76.2 Å². The predicted octanol–water partition coefficient (Wildman–Crippen LogP) is 5.10. The number of furan rings is 1. The lowest BCUT2D eigenvalue weighted by molar-refractivity contribution is -0.118. The summed E-state index contributed by atoms with van der Waals surface area (Å²) in [6.45, 7) is 4.07. The highest BCUT2D eigenvalue weighted by molar-refractivity contribution is 7.98.